The van der Waals surface area contributed by atoms with E-state index in [9.17, 15) is 0 Å². The molecule has 19 heavy (non-hydrogen) atoms. The predicted molar refractivity (Wildman–Crippen MR) is 81.5 cm³/mol. The van der Waals surface area contributed by atoms with Crippen LogP contribution in [0.25, 0.3) is 0 Å². The van der Waals surface area contributed by atoms with Crippen molar-refractivity contribution in [1.29, 1.82) is 0 Å². The number of rotatable bonds is 9. The number of hydrogen-bond acceptors (Lipinski definition) is 2. The number of nitrogens with two attached hydrogens (primary N) is 1. The van der Waals surface area contributed by atoms with Crippen molar-refractivity contribution in [3.63, 3.8) is 0 Å². The molecule has 4 nitrogen and oxygen atoms in total. The number of nitrogens with one attached hydrogen (secondary N) is 1. The monoisotopic (exact) mass is 269 g/mol. The summed E-state index contributed by atoms with van der Waals surface area (Å²) in [5.41, 5.74) is 5.82. The fraction of sp³-hybridized carbons (Fsp3) is 0.933. The van der Waals surface area contributed by atoms with E-state index in [2.05, 4.69) is 17.2 Å². The van der Waals surface area contributed by atoms with Crippen molar-refractivity contribution < 1.29 is 4.74 Å². The van der Waals surface area contributed by atoms with Gasteiger partial charge in [-0.25, -0.2) is 0 Å². The van der Waals surface area contributed by atoms with Crippen LogP contribution in [0.15, 0.2) is 4.99 Å². The highest BCUT2D eigenvalue weighted by molar-refractivity contribution is 5.77. The van der Waals surface area contributed by atoms with E-state index in [1.165, 1.54) is 44.9 Å². The quantitative estimate of drug-likeness (QED) is 0.384. The fourth-order valence-electron chi connectivity index (χ4n) is 2.38. The van der Waals surface area contributed by atoms with E-state index in [0.29, 0.717) is 12.1 Å². The number of unbranched alkanes of at least 4 members (excludes halogenated alkanes) is 3. The van der Waals surface area contributed by atoms with E-state index >= 15 is 0 Å². The lowest BCUT2D eigenvalue weighted by Gasteiger charge is -2.22. The Morgan fingerprint density at radius 2 is 2.16 bits per heavy atom. The zero-order valence-corrected chi connectivity index (χ0v) is 12.5. The molecule has 4 heteroatoms. The Hall–Kier alpha value is -0.770. The molecule has 0 aromatic rings. The Kier molecular flexibility index (Phi) is 9.51. The predicted octanol–water partition coefficient (Wildman–Crippen LogP) is 2.82. The molecule has 0 aromatic carbocycles. The van der Waals surface area contributed by atoms with Crippen LogP contribution < -0.4 is 11.1 Å². The summed E-state index contributed by atoms with van der Waals surface area (Å²) >= 11 is 0. The van der Waals surface area contributed by atoms with Crippen molar-refractivity contribution in [2.75, 3.05) is 19.7 Å². The van der Waals surface area contributed by atoms with Crippen molar-refractivity contribution in [2.45, 2.75) is 70.8 Å². The van der Waals surface area contributed by atoms with Crippen molar-refractivity contribution >= 4 is 5.96 Å². The second kappa shape index (κ2) is 11.1. The summed E-state index contributed by atoms with van der Waals surface area (Å²) in [4.78, 5) is 4.35. The van der Waals surface area contributed by atoms with Crippen LogP contribution in [0.5, 0.6) is 0 Å². The summed E-state index contributed by atoms with van der Waals surface area (Å²) < 4.78 is 5.69. The van der Waals surface area contributed by atoms with E-state index in [0.717, 1.165) is 32.5 Å². The molecule has 1 heterocycles. The first kappa shape index (κ1) is 16.3. The minimum Gasteiger partial charge on any atom is -0.378 e. The molecule has 112 valence electrons. The lowest BCUT2D eigenvalue weighted by molar-refractivity contribution is 0.0105. The van der Waals surface area contributed by atoms with Crippen molar-refractivity contribution in [1.82, 2.24) is 5.32 Å². The Balaban J connectivity index is 1.94. The smallest absolute Gasteiger partial charge is 0.188 e. The van der Waals surface area contributed by atoms with Crippen LogP contribution in [-0.4, -0.2) is 31.8 Å². The molecule has 1 unspecified atom stereocenters. The van der Waals surface area contributed by atoms with Gasteiger partial charge in [0.25, 0.3) is 0 Å². The molecular weight excluding hydrogens is 238 g/mol. The minimum absolute atomic E-state index is 0.465. The van der Waals surface area contributed by atoms with Gasteiger partial charge in [-0.15, -0.1) is 0 Å². The van der Waals surface area contributed by atoms with Gasteiger partial charge in [-0.2, -0.15) is 0 Å². The van der Waals surface area contributed by atoms with E-state index < -0.39 is 0 Å². The van der Waals surface area contributed by atoms with E-state index in [-0.39, 0.29) is 0 Å². The lowest BCUT2D eigenvalue weighted by Crippen LogP contribution is -2.32. The van der Waals surface area contributed by atoms with Gasteiger partial charge in [-0.1, -0.05) is 26.2 Å². The molecule has 0 amide bonds. The van der Waals surface area contributed by atoms with Gasteiger partial charge in [0.05, 0.1) is 6.10 Å². The Morgan fingerprint density at radius 3 is 2.89 bits per heavy atom. The zero-order valence-electron chi connectivity index (χ0n) is 12.5. The fourth-order valence-corrected chi connectivity index (χ4v) is 2.38. The molecule has 1 aliphatic heterocycles. The average molecular weight is 269 g/mol. The Morgan fingerprint density at radius 1 is 1.26 bits per heavy atom. The van der Waals surface area contributed by atoms with Crippen molar-refractivity contribution in [2.24, 2.45) is 10.7 Å². The van der Waals surface area contributed by atoms with Crippen molar-refractivity contribution in [3.05, 3.63) is 0 Å². The third kappa shape index (κ3) is 8.87. The largest absolute Gasteiger partial charge is 0.378 e. The molecular formula is C15H31N3O. The zero-order chi connectivity index (χ0) is 13.8. The van der Waals surface area contributed by atoms with Crippen LogP contribution in [0, 0.1) is 0 Å². The summed E-state index contributed by atoms with van der Waals surface area (Å²) in [5, 5.41) is 3.18. The molecule has 1 atom stereocenters. The van der Waals surface area contributed by atoms with Gasteiger partial charge in [0.2, 0.25) is 0 Å². The van der Waals surface area contributed by atoms with Gasteiger partial charge in [0.1, 0.15) is 0 Å². The summed E-state index contributed by atoms with van der Waals surface area (Å²) in [5.74, 6) is 0.598. The summed E-state index contributed by atoms with van der Waals surface area (Å²) in [6.45, 7) is 4.92. The lowest BCUT2D eigenvalue weighted by atomic mass is 10.1. The van der Waals surface area contributed by atoms with Crippen LogP contribution in [0.3, 0.4) is 0 Å². The van der Waals surface area contributed by atoms with E-state index in [4.69, 9.17) is 10.5 Å². The van der Waals surface area contributed by atoms with Gasteiger partial charge < -0.3 is 15.8 Å². The van der Waals surface area contributed by atoms with Gasteiger partial charge in [0.15, 0.2) is 5.96 Å². The van der Waals surface area contributed by atoms with Crippen LogP contribution in [0.2, 0.25) is 0 Å². The summed E-state index contributed by atoms with van der Waals surface area (Å²) in [7, 11) is 0. The van der Waals surface area contributed by atoms with Gasteiger partial charge in [0, 0.05) is 19.7 Å². The Labute approximate surface area is 118 Å². The van der Waals surface area contributed by atoms with Gasteiger partial charge >= 0.3 is 0 Å². The number of nitrogens with zero attached hydrogens (tertiary/aromatic N) is 1. The molecule has 0 aliphatic carbocycles. The average Bonchev–Trinajstić information content (AvgIpc) is 2.44. The Bertz CT molecular complexity index is 238. The van der Waals surface area contributed by atoms with Gasteiger partial charge in [-0.3, -0.25) is 4.99 Å². The molecule has 0 aromatic heterocycles. The highest BCUT2D eigenvalue weighted by atomic mass is 16.5. The first-order chi connectivity index (χ1) is 9.33. The second-order valence-electron chi connectivity index (χ2n) is 5.39. The minimum atomic E-state index is 0.465. The summed E-state index contributed by atoms with van der Waals surface area (Å²) in [6.07, 6.45) is 11.4. The number of aliphatic imine (C=N–C) groups is 1. The number of hydrogen-bond donors (Lipinski definition) is 2. The van der Waals surface area contributed by atoms with E-state index in [1.54, 1.807) is 0 Å². The normalized spacial score (nSPS) is 20.5. The van der Waals surface area contributed by atoms with E-state index in [1.807, 2.05) is 0 Å². The third-order valence-corrected chi connectivity index (χ3v) is 3.58. The topological polar surface area (TPSA) is 59.6 Å². The number of ether oxygens (including phenoxy) is 1. The van der Waals surface area contributed by atoms with Crippen LogP contribution in [-0.2, 0) is 4.74 Å². The summed E-state index contributed by atoms with van der Waals surface area (Å²) in [6, 6.07) is 0. The molecule has 0 saturated carbocycles. The maximum Gasteiger partial charge on any atom is 0.188 e. The standard InChI is InChI=1S/C15H31N3O/c1-2-3-4-6-11-17-15(16)18-12-8-10-14-9-5-7-13-19-14/h14H,2-13H2,1H3,(H3,16,17,18). The molecule has 0 radical (unpaired) electrons. The third-order valence-electron chi connectivity index (χ3n) is 3.58. The van der Waals surface area contributed by atoms with Crippen molar-refractivity contribution in [3.8, 4) is 0 Å². The van der Waals surface area contributed by atoms with Crippen LogP contribution in [0.4, 0.5) is 0 Å². The molecule has 0 spiro atoms. The van der Waals surface area contributed by atoms with Gasteiger partial charge in [-0.05, 0) is 38.5 Å². The van der Waals surface area contributed by atoms with Crippen LogP contribution in [0.1, 0.15) is 64.7 Å². The molecule has 0 bridgehead atoms. The highest BCUT2D eigenvalue weighted by Gasteiger charge is 2.12. The molecule has 1 fully saturated rings. The highest BCUT2D eigenvalue weighted by Crippen LogP contribution is 2.16. The SMILES string of the molecule is CCCCCCNC(N)=NCCCC1CCCCO1. The maximum absolute atomic E-state index is 5.82. The first-order valence-electron chi connectivity index (χ1n) is 7.98. The number of guanidine groups is 1. The van der Waals surface area contributed by atoms with Crippen LogP contribution >= 0.6 is 0 Å². The second-order valence-corrected chi connectivity index (χ2v) is 5.39. The molecule has 1 saturated heterocycles. The molecule has 3 N–H and O–H groups in total. The first-order valence-corrected chi connectivity index (χ1v) is 7.98. The molecule has 1 rings (SSSR count). The molecule has 1 aliphatic rings. The maximum atomic E-state index is 5.82.